The maximum atomic E-state index is 12.1. The predicted molar refractivity (Wildman–Crippen MR) is 121 cm³/mol. The second kappa shape index (κ2) is 11.2. The lowest BCUT2D eigenvalue weighted by Gasteiger charge is -2.24. The molecular weight excluding hydrogens is 394 g/mol. The van der Waals surface area contributed by atoms with Gasteiger partial charge in [0, 0.05) is 7.05 Å². The first-order chi connectivity index (χ1) is 15.0. The Bertz CT molecular complexity index is 768. The smallest absolute Gasteiger partial charge is 0.407 e. The number of carbonyl (C=O) groups excluding carboxylic acids is 1. The zero-order chi connectivity index (χ0) is 22.2. The summed E-state index contributed by atoms with van der Waals surface area (Å²) in [6.07, 6.45) is 10.5. The van der Waals surface area contributed by atoms with Crippen LogP contribution >= 0.6 is 0 Å². The highest BCUT2D eigenvalue weighted by Crippen LogP contribution is 2.27. The van der Waals surface area contributed by atoms with Gasteiger partial charge in [-0.1, -0.05) is 13.3 Å². The average molecular weight is 432 g/mol. The molecule has 0 spiro atoms. The van der Waals surface area contributed by atoms with E-state index in [2.05, 4.69) is 12.2 Å². The Labute approximate surface area is 185 Å². The third-order valence-electron chi connectivity index (χ3n) is 6.10. The Kier molecular flexibility index (Phi) is 8.40. The zero-order valence-corrected chi connectivity index (χ0v) is 18.9. The molecule has 5 N–H and O–H groups in total. The number of nitrogens with two attached hydrogens (primary N) is 2. The van der Waals surface area contributed by atoms with Crippen molar-refractivity contribution in [3.8, 4) is 5.75 Å². The van der Waals surface area contributed by atoms with Crippen LogP contribution in [-0.2, 0) is 11.2 Å². The number of amides is 1. The molecule has 2 aliphatic carbocycles. The van der Waals surface area contributed by atoms with Crippen LogP contribution in [0.15, 0.2) is 17.8 Å². The highest BCUT2D eigenvalue weighted by Gasteiger charge is 2.21. The summed E-state index contributed by atoms with van der Waals surface area (Å²) in [7, 11) is 1.69. The minimum absolute atomic E-state index is 0.00544. The molecule has 1 amide bonds. The molecule has 0 bridgehead atoms. The van der Waals surface area contributed by atoms with Crippen molar-refractivity contribution in [2.24, 2.45) is 11.6 Å². The van der Waals surface area contributed by atoms with Crippen LogP contribution in [0.2, 0.25) is 0 Å². The number of ether oxygens (including phenoxy) is 2. The molecule has 8 heteroatoms. The quantitative estimate of drug-likeness (QED) is 0.426. The number of pyridine rings is 1. The summed E-state index contributed by atoms with van der Waals surface area (Å²) in [6, 6.07) is 3.80. The lowest BCUT2D eigenvalue weighted by Crippen LogP contribution is -2.37. The highest BCUT2D eigenvalue weighted by atomic mass is 16.6. The van der Waals surface area contributed by atoms with Crippen LogP contribution in [0.25, 0.3) is 5.70 Å². The Morgan fingerprint density at radius 1 is 1.13 bits per heavy atom. The average Bonchev–Trinajstić information content (AvgIpc) is 3.27. The van der Waals surface area contributed by atoms with E-state index in [9.17, 15) is 4.79 Å². The molecule has 0 atom stereocenters. The SMILES string of the molecule is CCc1nc(/C(N)=C(\CNC(=O)OC2CCCC2)N(C)N)ccc1OC1CCCCC1. The van der Waals surface area contributed by atoms with E-state index in [0.29, 0.717) is 17.1 Å². The van der Waals surface area contributed by atoms with Crippen molar-refractivity contribution in [3.63, 3.8) is 0 Å². The molecule has 31 heavy (non-hydrogen) atoms. The summed E-state index contributed by atoms with van der Waals surface area (Å²) in [4.78, 5) is 16.9. The van der Waals surface area contributed by atoms with Crippen molar-refractivity contribution in [3.05, 3.63) is 29.2 Å². The number of hydrogen-bond acceptors (Lipinski definition) is 7. The van der Waals surface area contributed by atoms with Crippen molar-refractivity contribution in [1.29, 1.82) is 0 Å². The lowest BCUT2D eigenvalue weighted by molar-refractivity contribution is 0.101. The van der Waals surface area contributed by atoms with Gasteiger partial charge < -0.3 is 25.5 Å². The van der Waals surface area contributed by atoms with Crippen molar-refractivity contribution in [2.75, 3.05) is 13.6 Å². The minimum atomic E-state index is -0.447. The molecule has 0 aromatic carbocycles. The van der Waals surface area contributed by atoms with E-state index in [1.807, 2.05) is 12.1 Å². The molecule has 0 aliphatic heterocycles. The van der Waals surface area contributed by atoms with Crippen molar-refractivity contribution in [1.82, 2.24) is 15.3 Å². The number of hydrazine groups is 1. The molecule has 1 aromatic rings. The van der Waals surface area contributed by atoms with Gasteiger partial charge in [0.05, 0.1) is 35.4 Å². The topological polar surface area (TPSA) is 116 Å². The largest absolute Gasteiger partial charge is 0.489 e. The summed E-state index contributed by atoms with van der Waals surface area (Å²) in [6.45, 7) is 2.21. The number of rotatable bonds is 8. The Hall–Kier alpha value is -2.48. The number of hydrogen-bond donors (Lipinski definition) is 3. The molecule has 172 valence electrons. The van der Waals surface area contributed by atoms with Gasteiger partial charge in [0.15, 0.2) is 0 Å². The first-order valence-electron chi connectivity index (χ1n) is 11.6. The van der Waals surface area contributed by atoms with Gasteiger partial charge in [-0.25, -0.2) is 15.6 Å². The predicted octanol–water partition coefficient (Wildman–Crippen LogP) is 3.46. The van der Waals surface area contributed by atoms with E-state index in [4.69, 9.17) is 26.0 Å². The number of aryl methyl sites for hydroxylation is 1. The third-order valence-corrected chi connectivity index (χ3v) is 6.10. The van der Waals surface area contributed by atoms with Gasteiger partial charge in [-0.3, -0.25) is 0 Å². The molecule has 2 saturated carbocycles. The van der Waals surface area contributed by atoms with Crippen LogP contribution in [-0.4, -0.2) is 41.9 Å². The fourth-order valence-electron chi connectivity index (χ4n) is 4.27. The second-order valence-corrected chi connectivity index (χ2v) is 8.51. The molecule has 1 aromatic heterocycles. The van der Waals surface area contributed by atoms with E-state index in [1.54, 1.807) is 7.05 Å². The zero-order valence-electron chi connectivity index (χ0n) is 18.9. The van der Waals surface area contributed by atoms with Crippen LogP contribution in [0.5, 0.6) is 5.75 Å². The number of aromatic nitrogens is 1. The number of alkyl carbamates (subject to hydrolysis) is 1. The number of carbonyl (C=O) groups is 1. The van der Waals surface area contributed by atoms with Crippen molar-refractivity contribution >= 4 is 11.8 Å². The Morgan fingerprint density at radius 3 is 2.42 bits per heavy atom. The monoisotopic (exact) mass is 431 g/mol. The maximum absolute atomic E-state index is 12.1. The van der Waals surface area contributed by atoms with Gasteiger partial charge in [-0.05, 0) is 69.9 Å². The van der Waals surface area contributed by atoms with E-state index >= 15 is 0 Å². The van der Waals surface area contributed by atoms with Gasteiger partial charge in [0.1, 0.15) is 11.9 Å². The van der Waals surface area contributed by atoms with Crippen molar-refractivity contribution < 1.29 is 14.3 Å². The molecule has 0 saturated heterocycles. The second-order valence-electron chi connectivity index (χ2n) is 8.51. The molecule has 2 fully saturated rings. The fraction of sp³-hybridized carbons (Fsp3) is 0.652. The standard InChI is InChI=1S/C23H37N5O3/c1-3-18-21(30-16-9-5-4-6-10-16)14-13-19(27-18)22(24)20(28(2)25)15-26-23(29)31-17-11-7-8-12-17/h13-14,16-17H,3-12,15,24-25H2,1-2H3,(H,26,29)/b22-20-. The third kappa shape index (κ3) is 6.50. The van der Waals surface area contributed by atoms with Gasteiger partial charge in [0.2, 0.25) is 0 Å². The Morgan fingerprint density at radius 2 is 1.77 bits per heavy atom. The molecular formula is C23H37N5O3. The van der Waals surface area contributed by atoms with Crippen molar-refractivity contribution in [2.45, 2.75) is 83.3 Å². The first kappa shape index (κ1) is 23.2. The summed E-state index contributed by atoms with van der Waals surface area (Å²) in [5, 5.41) is 4.17. The summed E-state index contributed by atoms with van der Waals surface area (Å²) in [5.74, 6) is 6.83. The molecule has 8 nitrogen and oxygen atoms in total. The van der Waals surface area contributed by atoms with Crippen LogP contribution in [0, 0.1) is 0 Å². The summed E-state index contributed by atoms with van der Waals surface area (Å²) >= 11 is 0. The van der Waals surface area contributed by atoms with Crippen LogP contribution in [0.1, 0.15) is 76.1 Å². The van der Waals surface area contributed by atoms with Crippen LogP contribution in [0.3, 0.4) is 0 Å². The van der Waals surface area contributed by atoms with Crippen LogP contribution in [0.4, 0.5) is 4.79 Å². The van der Waals surface area contributed by atoms with E-state index in [1.165, 1.54) is 24.3 Å². The number of nitrogens with zero attached hydrogens (tertiary/aromatic N) is 2. The highest BCUT2D eigenvalue weighted by molar-refractivity contribution is 5.69. The molecule has 3 rings (SSSR count). The molecule has 0 radical (unpaired) electrons. The van der Waals surface area contributed by atoms with Gasteiger partial charge in [-0.2, -0.15) is 0 Å². The first-order valence-corrected chi connectivity index (χ1v) is 11.6. The molecule has 2 aliphatic rings. The number of likely N-dealkylation sites (N-methyl/N-ethyl adjacent to an activating group) is 1. The van der Waals surface area contributed by atoms with Gasteiger partial charge >= 0.3 is 6.09 Å². The van der Waals surface area contributed by atoms with Gasteiger partial charge in [-0.15, -0.1) is 0 Å². The van der Waals surface area contributed by atoms with Crippen LogP contribution < -0.4 is 21.6 Å². The van der Waals surface area contributed by atoms with Gasteiger partial charge in [0.25, 0.3) is 0 Å². The number of nitrogens with one attached hydrogen (secondary N) is 1. The Balaban J connectivity index is 1.69. The summed E-state index contributed by atoms with van der Waals surface area (Å²) < 4.78 is 11.7. The van der Waals surface area contributed by atoms with E-state index in [-0.39, 0.29) is 18.8 Å². The fourth-order valence-corrected chi connectivity index (χ4v) is 4.27. The minimum Gasteiger partial charge on any atom is -0.489 e. The molecule has 1 heterocycles. The molecule has 0 unspecified atom stereocenters. The summed E-state index contributed by atoms with van der Waals surface area (Å²) in [5.41, 5.74) is 8.89. The lowest BCUT2D eigenvalue weighted by atomic mass is 9.98. The normalized spacial score (nSPS) is 18.4. The maximum Gasteiger partial charge on any atom is 0.407 e. The van der Waals surface area contributed by atoms with E-state index < -0.39 is 6.09 Å². The van der Waals surface area contributed by atoms with E-state index in [0.717, 1.165) is 56.4 Å².